The molecule has 0 spiro atoms. The Bertz CT molecular complexity index is 170. The summed E-state index contributed by atoms with van der Waals surface area (Å²) in [4.78, 5) is 9.60. The Hall–Kier alpha value is 1.43. The van der Waals surface area contributed by atoms with E-state index in [1.54, 1.807) is 0 Å². The van der Waals surface area contributed by atoms with Crippen LogP contribution in [-0.2, 0) is 17.0 Å². The summed E-state index contributed by atoms with van der Waals surface area (Å²) in [5.74, 6) is 0. The second-order valence-electron chi connectivity index (χ2n) is 6.13. The quantitative estimate of drug-likeness (QED) is 0.609. The summed E-state index contributed by atoms with van der Waals surface area (Å²) in [6, 6.07) is 0. The summed E-state index contributed by atoms with van der Waals surface area (Å²) in [5, 5.41) is 0. The van der Waals surface area contributed by atoms with Gasteiger partial charge >= 0.3 is 35.6 Å². The van der Waals surface area contributed by atoms with Gasteiger partial charge in [0, 0.05) is 0 Å². The van der Waals surface area contributed by atoms with Crippen molar-refractivity contribution in [2.24, 2.45) is 0 Å². The Kier molecular flexibility index (Phi) is 9.61. The van der Waals surface area contributed by atoms with Crippen molar-refractivity contribution in [1.29, 1.82) is 0 Å². The van der Waals surface area contributed by atoms with Crippen molar-refractivity contribution in [2.75, 3.05) is 0 Å². The molecule has 0 heterocycles. The van der Waals surface area contributed by atoms with E-state index in [1.165, 1.54) is 0 Å². The molecular formula is C10H24Cl2N2SiTi-2. The summed E-state index contributed by atoms with van der Waals surface area (Å²) in [7, 11) is 8.05. The molecule has 16 heavy (non-hydrogen) atoms. The Labute approximate surface area is 119 Å². The molecule has 98 valence electrons. The van der Waals surface area contributed by atoms with E-state index in [1.807, 2.05) is 0 Å². The fraction of sp³-hybridized carbons (Fsp3) is 1.00. The van der Waals surface area contributed by atoms with Crippen LogP contribution in [0, 0.1) is 0 Å². The second kappa shape index (κ2) is 7.78. The predicted molar refractivity (Wildman–Crippen MR) is 75.4 cm³/mol. The summed E-state index contributed by atoms with van der Waals surface area (Å²) in [5.41, 5.74) is 0.0922. The molecule has 0 aliphatic rings. The molecule has 0 rings (SSSR count). The van der Waals surface area contributed by atoms with Crippen molar-refractivity contribution in [2.45, 2.75) is 65.7 Å². The van der Waals surface area contributed by atoms with Gasteiger partial charge in [-0.3, -0.25) is 0 Å². The van der Waals surface area contributed by atoms with Gasteiger partial charge in [-0.2, -0.15) is 8.40 Å². The van der Waals surface area contributed by atoms with Gasteiger partial charge in [0.15, 0.2) is 0 Å². The minimum atomic E-state index is -1.72. The molecule has 0 bridgehead atoms. The van der Waals surface area contributed by atoms with Gasteiger partial charge in [0.2, 0.25) is 0 Å². The van der Waals surface area contributed by atoms with E-state index in [9.17, 15) is 0 Å². The third-order valence-corrected chi connectivity index (χ3v) is 3.65. The van der Waals surface area contributed by atoms with Gasteiger partial charge in [-0.25, -0.2) is 0 Å². The summed E-state index contributed by atoms with van der Waals surface area (Å²) >= 11 is -0.556. The Morgan fingerprint density at radius 3 is 1.12 bits per heavy atom. The van der Waals surface area contributed by atoms with Gasteiger partial charge in [0.25, 0.3) is 0 Å². The van der Waals surface area contributed by atoms with Crippen LogP contribution < -0.4 is 0 Å². The average molecular weight is 319 g/mol. The minimum absolute atomic E-state index is 0.0461. The monoisotopic (exact) mass is 318 g/mol. The van der Waals surface area contributed by atoms with Crippen LogP contribution in [0.5, 0.6) is 0 Å². The molecule has 0 aliphatic heterocycles. The number of halogens is 2. The molecule has 0 atom stereocenters. The Balaban J connectivity index is 0. The van der Waals surface area contributed by atoms with Crippen LogP contribution in [0.1, 0.15) is 41.5 Å². The number of rotatable bonds is 2. The zero-order chi connectivity index (χ0) is 13.6. The first-order valence-corrected chi connectivity index (χ1v) is 12.5. The molecule has 0 saturated carbocycles. The molecule has 0 aromatic carbocycles. The van der Waals surface area contributed by atoms with Crippen LogP contribution in [0.25, 0.3) is 9.96 Å². The van der Waals surface area contributed by atoms with Gasteiger partial charge in [0.05, 0.1) is 0 Å². The van der Waals surface area contributed by atoms with Crippen LogP contribution in [0.3, 0.4) is 0 Å². The van der Waals surface area contributed by atoms with Crippen molar-refractivity contribution in [3.05, 3.63) is 9.96 Å². The Morgan fingerprint density at radius 1 is 0.812 bits per heavy atom. The molecule has 0 amide bonds. The average Bonchev–Trinajstić information content (AvgIpc) is 1.73. The fourth-order valence-electron chi connectivity index (χ4n) is 1.67. The summed E-state index contributed by atoms with van der Waals surface area (Å²) in [6.45, 7) is 17.2. The molecule has 0 aromatic heterocycles. The van der Waals surface area contributed by atoms with Crippen molar-refractivity contribution in [3.63, 3.8) is 0 Å². The van der Waals surface area contributed by atoms with Crippen LogP contribution in [-0.4, -0.2) is 19.5 Å². The SMILES string of the molecule is CC(C)(C)[N-][Si](C)(C)[N-]C(C)(C)C.[Cl][Ti][Cl]. The molecule has 0 aromatic rings. The van der Waals surface area contributed by atoms with E-state index >= 15 is 0 Å². The van der Waals surface area contributed by atoms with E-state index in [0.29, 0.717) is 0 Å². The van der Waals surface area contributed by atoms with Crippen LogP contribution in [0.4, 0.5) is 0 Å². The van der Waals surface area contributed by atoms with E-state index in [2.05, 4.69) is 54.6 Å². The van der Waals surface area contributed by atoms with Crippen LogP contribution >= 0.6 is 18.6 Å². The normalized spacial score (nSPS) is 12.9. The van der Waals surface area contributed by atoms with Crippen LogP contribution in [0.15, 0.2) is 0 Å². The summed E-state index contributed by atoms with van der Waals surface area (Å²) < 4.78 is 0. The van der Waals surface area contributed by atoms with Crippen molar-refractivity contribution < 1.29 is 17.0 Å². The van der Waals surface area contributed by atoms with Gasteiger partial charge in [-0.15, -0.1) is 24.2 Å². The van der Waals surface area contributed by atoms with Gasteiger partial charge < -0.3 is 9.96 Å². The second-order valence-corrected chi connectivity index (χ2v) is 12.1. The van der Waals surface area contributed by atoms with E-state index in [0.717, 1.165) is 0 Å². The fourth-order valence-corrected chi connectivity index (χ4v) is 5.00. The predicted octanol–water partition coefficient (Wildman–Crippen LogP) is 5.41. The maximum atomic E-state index is 4.89. The zero-order valence-corrected chi connectivity index (χ0v) is 15.7. The van der Waals surface area contributed by atoms with E-state index < -0.39 is 25.4 Å². The van der Waals surface area contributed by atoms with Crippen molar-refractivity contribution in [3.8, 4) is 0 Å². The molecule has 0 aliphatic carbocycles. The molecule has 0 unspecified atom stereocenters. The molecular weight excluding hydrogens is 295 g/mol. The van der Waals surface area contributed by atoms with Gasteiger partial charge in [0.1, 0.15) is 0 Å². The Morgan fingerprint density at radius 2 is 1.00 bits per heavy atom. The number of hydrogen-bond acceptors (Lipinski definition) is 0. The first-order chi connectivity index (χ1) is 6.83. The van der Waals surface area contributed by atoms with Crippen molar-refractivity contribution >= 4 is 27.0 Å². The third kappa shape index (κ3) is 17.8. The topological polar surface area (TPSA) is 28.2 Å². The number of hydrogen-bond donors (Lipinski definition) is 0. The first kappa shape index (κ1) is 19.8. The molecule has 6 heteroatoms. The first-order valence-electron chi connectivity index (χ1n) is 5.27. The third-order valence-electron chi connectivity index (χ3n) is 1.22. The summed E-state index contributed by atoms with van der Waals surface area (Å²) in [6.07, 6.45) is 0. The maximum absolute atomic E-state index is 4.89. The van der Waals surface area contributed by atoms with Gasteiger partial charge in [-0.1, -0.05) is 41.5 Å². The zero-order valence-electron chi connectivity index (χ0n) is 11.7. The van der Waals surface area contributed by atoms with Gasteiger partial charge in [-0.05, 0) is 0 Å². The van der Waals surface area contributed by atoms with Crippen LogP contribution in [0.2, 0.25) is 13.1 Å². The molecule has 0 N–H and O–H groups in total. The number of nitrogens with zero attached hydrogens (tertiary/aromatic N) is 2. The van der Waals surface area contributed by atoms with E-state index in [-0.39, 0.29) is 11.1 Å². The standard InChI is InChI=1S/C10H24N2Si.2ClH.Ti/c1-9(2,3)11-13(7,8)12-10(4,5)6;;;/h1-8H3;2*1H;/q-2;;;+2/p-2. The molecule has 2 nitrogen and oxygen atoms in total. The van der Waals surface area contributed by atoms with E-state index in [4.69, 9.17) is 28.6 Å². The molecule has 0 radical (unpaired) electrons. The van der Waals surface area contributed by atoms with Crippen molar-refractivity contribution in [1.82, 2.24) is 0 Å². The molecule has 0 fully saturated rings. The molecule has 0 saturated heterocycles.